The maximum absolute atomic E-state index is 11.1. The third-order valence-electron chi connectivity index (χ3n) is 5.59. The Bertz CT molecular complexity index is 1030. The number of benzene rings is 1. The lowest BCUT2D eigenvalue weighted by Crippen LogP contribution is -2.52. The number of pyridine rings is 2. The van der Waals surface area contributed by atoms with Crippen LogP contribution >= 0.6 is 34.8 Å². The first-order valence-corrected chi connectivity index (χ1v) is 11.2. The van der Waals surface area contributed by atoms with E-state index >= 15 is 0 Å². The monoisotopic (exact) mass is 476 g/mol. The molecule has 0 bridgehead atoms. The number of halogens is 3. The zero-order chi connectivity index (χ0) is 22.0. The second kappa shape index (κ2) is 9.31. The van der Waals surface area contributed by atoms with Gasteiger partial charge in [-0.3, -0.25) is 9.88 Å². The first-order valence-electron chi connectivity index (χ1n) is 10.0. The first kappa shape index (κ1) is 22.3. The lowest BCUT2D eigenvalue weighted by molar-refractivity contribution is 0.00997. The number of hydrogen-bond donors (Lipinski definition) is 1. The summed E-state index contributed by atoms with van der Waals surface area (Å²) in [5.41, 5.74) is 0.878. The number of nitrogens with zero attached hydrogens (tertiary/aromatic N) is 4. The Kier molecular flexibility index (Phi) is 6.70. The van der Waals surface area contributed by atoms with Crippen LogP contribution in [0.1, 0.15) is 24.1 Å². The van der Waals surface area contributed by atoms with Crippen LogP contribution in [0.2, 0.25) is 15.1 Å². The predicted molar refractivity (Wildman–Crippen MR) is 126 cm³/mol. The Hall–Kier alpha value is -1.89. The van der Waals surface area contributed by atoms with Crippen LogP contribution in [0.25, 0.3) is 0 Å². The van der Waals surface area contributed by atoms with E-state index in [4.69, 9.17) is 34.8 Å². The highest BCUT2D eigenvalue weighted by Crippen LogP contribution is 2.36. The highest BCUT2D eigenvalue weighted by molar-refractivity contribution is 6.36. The number of anilines is 1. The average Bonchev–Trinajstić information content (AvgIpc) is 2.75. The fraction of sp³-hybridized carbons (Fsp3) is 0.304. The van der Waals surface area contributed by atoms with Gasteiger partial charge < -0.3 is 10.0 Å². The molecule has 1 aliphatic heterocycles. The van der Waals surface area contributed by atoms with Crippen LogP contribution in [0, 0.1) is 0 Å². The molecule has 3 heterocycles. The van der Waals surface area contributed by atoms with Gasteiger partial charge in [0.05, 0.1) is 16.1 Å². The second-order valence-corrected chi connectivity index (χ2v) is 9.25. The molecule has 0 unspecified atom stereocenters. The molecule has 1 fully saturated rings. The lowest BCUT2D eigenvalue weighted by Gasteiger charge is -2.44. The molecule has 5 nitrogen and oxygen atoms in total. The maximum Gasteiger partial charge on any atom is 0.148 e. The molecule has 1 saturated heterocycles. The van der Waals surface area contributed by atoms with Crippen molar-refractivity contribution >= 4 is 40.6 Å². The Morgan fingerprint density at radius 2 is 1.84 bits per heavy atom. The van der Waals surface area contributed by atoms with E-state index in [0.717, 1.165) is 17.7 Å². The highest BCUT2D eigenvalue weighted by Gasteiger charge is 2.34. The molecule has 162 valence electrons. The van der Waals surface area contributed by atoms with Gasteiger partial charge in [0.15, 0.2) is 0 Å². The molecular formula is C23H23Cl3N4O. The van der Waals surface area contributed by atoms with Crippen molar-refractivity contribution in [3.8, 4) is 0 Å². The van der Waals surface area contributed by atoms with Crippen LogP contribution < -0.4 is 4.90 Å². The number of aliphatic hydroxyl groups is 1. The maximum atomic E-state index is 11.1. The van der Waals surface area contributed by atoms with Crippen molar-refractivity contribution < 1.29 is 5.11 Å². The van der Waals surface area contributed by atoms with Crippen molar-refractivity contribution in [2.75, 3.05) is 31.1 Å². The van der Waals surface area contributed by atoms with Gasteiger partial charge in [0.2, 0.25) is 0 Å². The quantitative estimate of drug-likeness (QED) is 0.547. The smallest absolute Gasteiger partial charge is 0.148 e. The zero-order valence-corrected chi connectivity index (χ0v) is 19.3. The van der Waals surface area contributed by atoms with Crippen molar-refractivity contribution in [3.05, 3.63) is 87.2 Å². The van der Waals surface area contributed by atoms with E-state index in [1.807, 2.05) is 43.3 Å². The number of rotatable bonds is 5. The predicted octanol–water partition coefficient (Wildman–Crippen LogP) is 5.21. The summed E-state index contributed by atoms with van der Waals surface area (Å²) >= 11 is 18.7. The van der Waals surface area contributed by atoms with Crippen molar-refractivity contribution in [2.24, 2.45) is 0 Å². The summed E-state index contributed by atoms with van der Waals surface area (Å²) in [7, 11) is 0. The van der Waals surface area contributed by atoms with Gasteiger partial charge in [-0.2, -0.15) is 0 Å². The Morgan fingerprint density at radius 3 is 2.52 bits per heavy atom. The molecule has 0 spiro atoms. The summed E-state index contributed by atoms with van der Waals surface area (Å²) in [5, 5.41) is 12.8. The summed E-state index contributed by atoms with van der Waals surface area (Å²) in [5.74, 6) is 0.699. The normalized spacial score (nSPS) is 19.3. The van der Waals surface area contributed by atoms with E-state index in [-0.39, 0.29) is 6.04 Å². The number of hydrogen-bond acceptors (Lipinski definition) is 5. The van der Waals surface area contributed by atoms with Gasteiger partial charge in [-0.15, -0.1) is 0 Å². The molecule has 1 aliphatic rings. The van der Waals surface area contributed by atoms with Gasteiger partial charge in [-0.1, -0.05) is 53.0 Å². The van der Waals surface area contributed by atoms with Gasteiger partial charge in [0.1, 0.15) is 11.4 Å². The molecule has 0 amide bonds. The molecule has 4 rings (SSSR count). The number of β-amino-alcohol motifs (C(OH)–C–C–N with tert-alkyl or cyclic N) is 1. The molecule has 1 aromatic carbocycles. The molecule has 31 heavy (non-hydrogen) atoms. The van der Waals surface area contributed by atoms with E-state index in [1.165, 1.54) is 0 Å². The number of piperazine rings is 1. The fourth-order valence-corrected chi connectivity index (χ4v) is 4.65. The van der Waals surface area contributed by atoms with Gasteiger partial charge in [-0.25, -0.2) is 4.98 Å². The van der Waals surface area contributed by atoms with Crippen LogP contribution in [0.3, 0.4) is 0 Å². The van der Waals surface area contributed by atoms with Gasteiger partial charge in [-0.05, 0) is 36.8 Å². The molecule has 1 N–H and O–H groups in total. The lowest BCUT2D eigenvalue weighted by atomic mass is 9.95. The van der Waals surface area contributed by atoms with Gasteiger partial charge in [0.25, 0.3) is 0 Å². The summed E-state index contributed by atoms with van der Waals surface area (Å²) in [6, 6.07) is 13.3. The van der Waals surface area contributed by atoms with Gasteiger partial charge in [0, 0.05) is 55.4 Å². The average molecular weight is 478 g/mol. The Balaban J connectivity index is 1.62. The molecule has 0 aliphatic carbocycles. The molecule has 8 heteroatoms. The van der Waals surface area contributed by atoms with E-state index in [0.29, 0.717) is 40.5 Å². The number of aromatic nitrogens is 2. The highest BCUT2D eigenvalue weighted by atomic mass is 35.5. The first-order chi connectivity index (χ1) is 14.8. The molecule has 0 radical (unpaired) electrons. The van der Waals surface area contributed by atoms with Gasteiger partial charge >= 0.3 is 0 Å². The summed E-state index contributed by atoms with van der Waals surface area (Å²) in [4.78, 5) is 13.1. The van der Waals surface area contributed by atoms with E-state index in [2.05, 4.69) is 19.8 Å². The second-order valence-electron chi connectivity index (χ2n) is 7.97. The van der Waals surface area contributed by atoms with Crippen molar-refractivity contribution in [2.45, 2.75) is 18.6 Å². The van der Waals surface area contributed by atoms with Crippen LogP contribution in [0.15, 0.2) is 61.1 Å². The minimum Gasteiger partial charge on any atom is -0.384 e. The molecule has 0 saturated carbocycles. The molecular weight excluding hydrogens is 455 g/mol. The summed E-state index contributed by atoms with van der Waals surface area (Å²) in [6.45, 7) is 4.45. The van der Waals surface area contributed by atoms with Crippen molar-refractivity contribution in [1.82, 2.24) is 14.9 Å². The fourth-order valence-electron chi connectivity index (χ4n) is 4.03. The van der Waals surface area contributed by atoms with E-state index < -0.39 is 5.60 Å². The van der Waals surface area contributed by atoms with Crippen molar-refractivity contribution in [3.63, 3.8) is 0 Å². The summed E-state index contributed by atoms with van der Waals surface area (Å²) < 4.78 is 0. The molecule has 2 aromatic heterocycles. The topological polar surface area (TPSA) is 52.5 Å². The zero-order valence-electron chi connectivity index (χ0n) is 17.0. The molecule has 2 atom stereocenters. The van der Waals surface area contributed by atoms with E-state index in [9.17, 15) is 5.11 Å². The largest absolute Gasteiger partial charge is 0.384 e. The standard InChI is InChI=1S/C23H23Cl3N4O/c1-23(31,17-3-2-8-27-12-17)15-29-9-10-30(22-20(26)11-19(25)13-28-22)21(14-29)16-4-6-18(24)7-5-16/h2-8,11-13,21,31H,9-10,14-15H2,1H3/t21-,23+/m0/s1. The summed E-state index contributed by atoms with van der Waals surface area (Å²) in [6.07, 6.45) is 5.03. The third-order valence-corrected chi connectivity index (χ3v) is 6.33. The Morgan fingerprint density at radius 1 is 1.06 bits per heavy atom. The van der Waals surface area contributed by atoms with Crippen LogP contribution in [-0.2, 0) is 5.60 Å². The Labute approximate surface area is 197 Å². The third kappa shape index (κ3) is 5.13. The van der Waals surface area contributed by atoms with Crippen LogP contribution in [0.4, 0.5) is 5.82 Å². The SMILES string of the molecule is C[C@@](O)(CN1CCN(c2ncc(Cl)cc2Cl)[C@H](c2ccc(Cl)cc2)C1)c1cccnc1. The van der Waals surface area contributed by atoms with Crippen LogP contribution in [0.5, 0.6) is 0 Å². The van der Waals surface area contributed by atoms with E-state index in [1.54, 1.807) is 24.7 Å². The van der Waals surface area contributed by atoms with Crippen molar-refractivity contribution in [1.29, 1.82) is 0 Å². The minimum atomic E-state index is -1.02. The molecule has 3 aromatic rings. The van der Waals surface area contributed by atoms with Crippen LogP contribution in [-0.4, -0.2) is 46.2 Å². The minimum absolute atomic E-state index is 0.0121.